The summed E-state index contributed by atoms with van der Waals surface area (Å²) in [6, 6.07) is 23.5. The van der Waals surface area contributed by atoms with E-state index in [0.717, 1.165) is 16.1 Å². The monoisotopic (exact) mass is 488 g/mol. The summed E-state index contributed by atoms with van der Waals surface area (Å²) in [6.07, 6.45) is 1.07. The number of sulfonamides is 1. The molecule has 0 spiro atoms. The van der Waals surface area contributed by atoms with E-state index in [1.807, 2.05) is 36.4 Å². The molecule has 0 unspecified atom stereocenters. The summed E-state index contributed by atoms with van der Waals surface area (Å²) in [4.78, 5) is 12.5. The largest absolute Gasteiger partial charge is 0.489 e. The van der Waals surface area contributed by atoms with Crippen LogP contribution in [0.4, 0.5) is 11.4 Å². The maximum atomic E-state index is 12.5. The summed E-state index contributed by atoms with van der Waals surface area (Å²) < 4.78 is 32.1. The number of hydrogen-bond acceptors (Lipinski definition) is 4. The molecule has 0 aliphatic carbocycles. The van der Waals surface area contributed by atoms with Gasteiger partial charge in [0.05, 0.1) is 17.6 Å². The maximum Gasteiger partial charge on any atom is 0.245 e. The quantitative estimate of drug-likeness (QED) is 0.508. The van der Waals surface area contributed by atoms with Gasteiger partial charge in [-0.2, -0.15) is 0 Å². The average molecular weight is 489 g/mol. The normalized spacial score (nSPS) is 11.0. The SMILES string of the molecule is CS(=O)(=O)N(CC(=O)Nc1ccccc1Br)c1ccc(OCc2ccccc2)cc1. The van der Waals surface area contributed by atoms with Gasteiger partial charge in [-0.05, 0) is 57.9 Å². The Bertz CT molecular complexity index is 1100. The highest BCUT2D eigenvalue weighted by molar-refractivity contribution is 9.10. The number of carbonyl (C=O) groups excluding carboxylic acids is 1. The van der Waals surface area contributed by atoms with Crippen LogP contribution in [0.3, 0.4) is 0 Å². The number of para-hydroxylation sites is 1. The zero-order chi connectivity index (χ0) is 21.6. The van der Waals surface area contributed by atoms with Crippen LogP contribution in [0.2, 0.25) is 0 Å². The van der Waals surface area contributed by atoms with E-state index in [0.29, 0.717) is 28.2 Å². The summed E-state index contributed by atoms with van der Waals surface area (Å²) in [5.41, 5.74) is 1.98. The molecule has 0 saturated carbocycles. The van der Waals surface area contributed by atoms with Gasteiger partial charge in [-0.3, -0.25) is 9.10 Å². The third kappa shape index (κ3) is 6.08. The van der Waals surface area contributed by atoms with Crippen molar-refractivity contribution in [3.8, 4) is 5.75 Å². The molecular formula is C22H21BrN2O4S. The van der Waals surface area contributed by atoms with Crippen molar-refractivity contribution in [1.29, 1.82) is 0 Å². The van der Waals surface area contributed by atoms with E-state index in [2.05, 4.69) is 21.2 Å². The first kappa shape index (κ1) is 21.9. The van der Waals surface area contributed by atoms with Gasteiger partial charge in [-0.25, -0.2) is 8.42 Å². The first-order valence-electron chi connectivity index (χ1n) is 9.12. The van der Waals surface area contributed by atoms with Crippen LogP contribution in [0.25, 0.3) is 0 Å². The van der Waals surface area contributed by atoms with Crippen molar-refractivity contribution in [3.63, 3.8) is 0 Å². The zero-order valence-corrected chi connectivity index (χ0v) is 18.7. The van der Waals surface area contributed by atoms with E-state index in [4.69, 9.17) is 4.74 Å². The van der Waals surface area contributed by atoms with E-state index in [1.165, 1.54) is 0 Å². The molecule has 3 aromatic rings. The second-order valence-corrected chi connectivity index (χ2v) is 9.33. The fourth-order valence-corrected chi connectivity index (χ4v) is 3.97. The minimum absolute atomic E-state index is 0.343. The van der Waals surface area contributed by atoms with Crippen molar-refractivity contribution in [2.45, 2.75) is 6.61 Å². The highest BCUT2D eigenvalue weighted by Crippen LogP contribution is 2.24. The number of halogens is 1. The number of nitrogens with one attached hydrogen (secondary N) is 1. The molecule has 0 aromatic heterocycles. The molecule has 156 valence electrons. The number of hydrogen-bond donors (Lipinski definition) is 1. The third-order valence-corrected chi connectivity index (χ3v) is 6.04. The summed E-state index contributed by atoms with van der Waals surface area (Å²) in [5.74, 6) is 0.158. The van der Waals surface area contributed by atoms with Crippen LogP contribution in [0.1, 0.15) is 5.56 Å². The van der Waals surface area contributed by atoms with Crippen LogP contribution in [-0.4, -0.2) is 27.1 Å². The highest BCUT2D eigenvalue weighted by atomic mass is 79.9. The molecule has 0 bridgehead atoms. The lowest BCUT2D eigenvalue weighted by Crippen LogP contribution is -2.37. The van der Waals surface area contributed by atoms with E-state index >= 15 is 0 Å². The minimum Gasteiger partial charge on any atom is -0.489 e. The Morgan fingerprint density at radius 1 is 0.967 bits per heavy atom. The Morgan fingerprint density at radius 3 is 2.23 bits per heavy atom. The Morgan fingerprint density at radius 2 is 1.60 bits per heavy atom. The van der Waals surface area contributed by atoms with Crippen LogP contribution < -0.4 is 14.4 Å². The summed E-state index contributed by atoms with van der Waals surface area (Å²) >= 11 is 3.35. The van der Waals surface area contributed by atoms with Gasteiger partial charge in [0.15, 0.2) is 0 Å². The topological polar surface area (TPSA) is 75.7 Å². The molecule has 30 heavy (non-hydrogen) atoms. The van der Waals surface area contributed by atoms with Crippen LogP contribution in [0, 0.1) is 0 Å². The van der Waals surface area contributed by atoms with Crippen molar-refractivity contribution in [2.75, 3.05) is 22.4 Å². The number of rotatable bonds is 8. The molecule has 1 N–H and O–H groups in total. The van der Waals surface area contributed by atoms with Gasteiger partial charge in [0.2, 0.25) is 15.9 Å². The molecule has 0 radical (unpaired) electrons. The standard InChI is InChI=1S/C22H21BrN2O4S/c1-30(27,28)25(15-22(26)24-21-10-6-5-9-20(21)23)18-11-13-19(14-12-18)29-16-17-7-3-2-4-8-17/h2-14H,15-16H2,1H3,(H,24,26). The Labute approximate surface area is 184 Å². The summed E-state index contributed by atoms with van der Waals surface area (Å²) in [6.45, 7) is 0.0642. The van der Waals surface area contributed by atoms with Crippen LogP contribution in [-0.2, 0) is 21.4 Å². The van der Waals surface area contributed by atoms with E-state index in [9.17, 15) is 13.2 Å². The lowest BCUT2D eigenvalue weighted by molar-refractivity contribution is -0.114. The second-order valence-electron chi connectivity index (χ2n) is 6.57. The average Bonchev–Trinajstić information content (AvgIpc) is 2.73. The number of nitrogens with zero attached hydrogens (tertiary/aromatic N) is 1. The lowest BCUT2D eigenvalue weighted by Gasteiger charge is -2.22. The summed E-state index contributed by atoms with van der Waals surface area (Å²) in [5, 5.41) is 2.72. The first-order chi connectivity index (χ1) is 14.3. The molecule has 6 nitrogen and oxygen atoms in total. The van der Waals surface area contributed by atoms with Gasteiger partial charge in [-0.1, -0.05) is 42.5 Å². The van der Waals surface area contributed by atoms with Crippen molar-refractivity contribution >= 4 is 43.2 Å². The third-order valence-electron chi connectivity index (χ3n) is 4.21. The van der Waals surface area contributed by atoms with E-state index in [1.54, 1.807) is 42.5 Å². The van der Waals surface area contributed by atoms with Crippen molar-refractivity contribution in [2.24, 2.45) is 0 Å². The zero-order valence-electron chi connectivity index (χ0n) is 16.3. The van der Waals surface area contributed by atoms with Gasteiger partial charge in [0.1, 0.15) is 18.9 Å². The predicted molar refractivity (Wildman–Crippen MR) is 122 cm³/mol. The fourth-order valence-electron chi connectivity index (χ4n) is 2.73. The molecule has 0 saturated heterocycles. The molecule has 0 heterocycles. The van der Waals surface area contributed by atoms with Crippen molar-refractivity contribution in [1.82, 2.24) is 0 Å². The minimum atomic E-state index is -3.66. The van der Waals surface area contributed by atoms with Crippen LogP contribution in [0.5, 0.6) is 5.75 Å². The molecule has 8 heteroatoms. The Balaban J connectivity index is 1.69. The summed E-state index contributed by atoms with van der Waals surface area (Å²) in [7, 11) is -3.66. The molecule has 0 atom stereocenters. The predicted octanol–water partition coefficient (Wildman–Crippen LogP) is 4.43. The highest BCUT2D eigenvalue weighted by Gasteiger charge is 2.21. The number of ether oxygens (including phenoxy) is 1. The molecule has 1 amide bonds. The molecule has 3 rings (SSSR count). The molecular weight excluding hydrogens is 468 g/mol. The van der Waals surface area contributed by atoms with Crippen LogP contribution in [0.15, 0.2) is 83.3 Å². The van der Waals surface area contributed by atoms with Gasteiger partial charge in [0, 0.05) is 4.47 Å². The number of carbonyl (C=O) groups is 1. The van der Waals surface area contributed by atoms with Gasteiger partial charge < -0.3 is 10.1 Å². The maximum absolute atomic E-state index is 12.5. The molecule has 3 aromatic carbocycles. The number of anilines is 2. The van der Waals surface area contributed by atoms with Gasteiger partial charge >= 0.3 is 0 Å². The van der Waals surface area contributed by atoms with Crippen molar-refractivity contribution in [3.05, 3.63) is 88.9 Å². The van der Waals surface area contributed by atoms with Gasteiger partial charge in [-0.15, -0.1) is 0 Å². The second kappa shape index (κ2) is 9.77. The lowest BCUT2D eigenvalue weighted by atomic mass is 10.2. The van der Waals surface area contributed by atoms with Gasteiger partial charge in [0.25, 0.3) is 0 Å². The van der Waals surface area contributed by atoms with E-state index < -0.39 is 15.9 Å². The van der Waals surface area contributed by atoms with E-state index in [-0.39, 0.29) is 6.54 Å². The molecule has 0 fully saturated rings. The Kier molecular flexibility index (Phi) is 7.12. The Hall–Kier alpha value is -2.84. The fraction of sp³-hybridized carbons (Fsp3) is 0.136. The van der Waals surface area contributed by atoms with Crippen molar-refractivity contribution < 1.29 is 17.9 Å². The first-order valence-corrected chi connectivity index (χ1v) is 11.8. The smallest absolute Gasteiger partial charge is 0.245 e. The number of benzene rings is 3. The van der Waals surface area contributed by atoms with Crippen LogP contribution >= 0.6 is 15.9 Å². The number of amides is 1. The molecule has 0 aliphatic rings. The molecule has 0 aliphatic heterocycles.